The van der Waals surface area contributed by atoms with Gasteiger partial charge in [0.15, 0.2) is 0 Å². The van der Waals surface area contributed by atoms with E-state index in [1.165, 1.54) is 38.5 Å². The summed E-state index contributed by atoms with van der Waals surface area (Å²) in [6, 6.07) is 0. The summed E-state index contributed by atoms with van der Waals surface area (Å²) in [5.41, 5.74) is 6.86. The number of hydrogen-bond acceptors (Lipinski definition) is 2. The molecule has 1 rings (SSSR count). The van der Waals surface area contributed by atoms with Gasteiger partial charge in [-0.2, -0.15) is 0 Å². The van der Waals surface area contributed by atoms with Gasteiger partial charge < -0.3 is 11.1 Å². The van der Waals surface area contributed by atoms with E-state index in [9.17, 15) is 0 Å². The van der Waals surface area contributed by atoms with Crippen LogP contribution in [0, 0.1) is 5.41 Å². The van der Waals surface area contributed by atoms with E-state index in [1.807, 2.05) is 0 Å². The first-order valence-electron chi connectivity index (χ1n) is 6.47. The van der Waals surface area contributed by atoms with E-state index in [4.69, 9.17) is 5.73 Å². The molecule has 0 aromatic carbocycles. The average molecular weight is 212 g/mol. The fourth-order valence-electron chi connectivity index (χ4n) is 2.21. The Bertz CT molecular complexity index is 181. The predicted molar refractivity (Wildman–Crippen MR) is 66.9 cm³/mol. The maximum Gasteiger partial charge on any atom is 0.0280 e. The molecule has 3 N–H and O–H groups in total. The lowest BCUT2D eigenvalue weighted by molar-refractivity contribution is 0.257. The molecule has 0 spiro atoms. The van der Waals surface area contributed by atoms with Crippen molar-refractivity contribution in [2.75, 3.05) is 13.1 Å². The van der Waals surface area contributed by atoms with Crippen molar-refractivity contribution in [3.8, 4) is 0 Å². The summed E-state index contributed by atoms with van der Waals surface area (Å²) in [6.45, 7) is 8.95. The molecule has 1 saturated carbocycles. The summed E-state index contributed by atoms with van der Waals surface area (Å²) in [7, 11) is 0. The molecule has 1 aliphatic carbocycles. The van der Waals surface area contributed by atoms with Crippen molar-refractivity contribution in [1.82, 2.24) is 5.32 Å². The molecule has 0 aromatic heterocycles. The molecule has 1 aliphatic rings. The van der Waals surface area contributed by atoms with Crippen molar-refractivity contribution in [1.29, 1.82) is 0 Å². The third kappa shape index (κ3) is 4.52. The lowest BCUT2D eigenvalue weighted by Gasteiger charge is -2.35. The standard InChI is InChI=1S/C13H28N2/c1-4-12(2,3)10-15-11-13(14)8-6-5-7-9-13/h15H,4-11,14H2,1-3H3. The first-order chi connectivity index (χ1) is 6.97. The second kappa shape index (κ2) is 5.31. The van der Waals surface area contributed by atoms with Gasteiger partial charge >= 0.3 is 0 Å². The molecule has 1 fully saturated rings. The fraction of sp³-hybridized carbons (Fsp3) is 1.00. The lowest BCUT2D eigenvalue weighted by Crippen LogP contribution is -2.51. The monoisotopic (exact) mass is 212 g/mol. The van der Waals surface area contributed by atoms with E-state index < -0.39 is 0 Å². The number of rotatable bonds is 5. The number of nitrogens with two attached hydrogens (primary N) is 1. The Balaban J connectivity index is 2.24. The van der Waals surface area contributed by atoms with Gasteiger partial charge in [-0.3, -0.25) is 0 Å². The molecule has 2 nitrogen and oxygen atoms in total. The molecular formula is C13H28N2. The van der Waals surface area contributed by atoms with Crippen LogP contribution in [-0.2, 0) is 0 Å². The zero-order valence-electron chi connectivity index (χ0n) is 10.7. The van der Waals surface area contributed by atoms with Gasteiger partial charge in [0.1, 0.15) is 0 Å². The lowest BCUT2D eigenvalue weighted by atomic mass is 9.82. The summed E-state index contributed by atoms with van der Waals surface area (Å²) in [6.07, 6.45) is 7.63. The minimum absolute atomic E-state index is 0.0854. The molecule has 90 valence electrons. The number of hydrogen-bond donors (Lipinski definition) is 2. The fourth-order valence-corrected chi connectivity index (χ4v) is 2.21. The molecule has 0 aliphatic heterocycles. The van der Waals surface area contributed by atoms with Crippen molar-refractivity contribution in [3.05, 3.63) is 0 Å². The normalized spacial score (nSPS) is 21.6. The summed E-state index contributed by atoms with van der Waals surface area (Å²) in [4.78, 5) is 0. The molecular weight excluding hydrogens is 184 g/mol. The highest BCUT2D eigenvalue weighted by molar-refractivity contribution is 4.89. The predicted octanol–water partition coefficient (Wildman–Crippen LogP) is 2.67. The Hall–Kier alpha value is -0.0800. The van der Waals surface area contributed by atoms with Crippen LogP contribution in [0.1, 0.15) is 59.3 Å². The Morgan fingerprint density at radius 3 is 2.33 bits per heavy atom. The van der Waals surface area contributed by atoms with Crippen molar-refractivity contribution < 1.29 is 0 Å². The van der Waals surface area contributed by atoms with Crippen LogP contribution in [0.15, 0.2) is 0 Å². The van der Waals surface area contributed by atoms with E-state index in [0.29, 0.717) is 5.41 Å². The van der Waals surface area contributed by atoms with E-state index in [2.05, 4.69) is 26.1 Å². The van der Waals surface area contributed by atoms with E-state index in [-0.39, 0.29) is 5.54 Å². The molecule has 0 saturated heterocycles. The van der Waals surface area contributed by atoms with Gasteiger partial charge in [0.25, 0.3) is 0 Å². The largest absolute Gasteiger partial charge is 0.324 e. The van der Waals surface area contributed by atoms with Crippen LogP contribution >= 0.6 is 0 Å². The van der Waals surface area contributed by atoms with E-state index in [0.717, 1.165) is 13.1 Å². The van der Waals surface area contributed by atoms with E-state index in [1.54, 1.807) is 0 Å². The zero-order valence-corrected chi connectivity index (χ0v) is 10.7. The summed E-state index contributed by atoms with van der Waals surface area (Å²) >= 11 is 0. The van der Waals surface area contributed by atoms with Crippen molar-refractivity contribution in [2.24, 2.45) is 11.1 Å². The van der Waals surface area contributed by atoms with Crippen LogP contribution in [0.4, 0.5) is 0 Å². The summed E-state index contributed by atoms with van der Waals surface area (Å²) in [5.74, 6) is 0. The van der Waals surface area contributed by atoms with Crippen LogP contribution in [0.5, 0.6) is 0 Å². The molecule has 15 heavy (non-hydrogen) atoms. The van der Waals surface area contributed by atoms with Gasteiger partial charge in [-0.05, 0) is 24.7 Å². The molecule has 0 aromatic rings. The highest BCUT2D eigenvalue weighted by atomic mass is 14.9. The Morgan fingerprint density at radius 1 is 1.20 bits per heavy atom. The molecule has 0 radical (unpaired) electrons. The minimum atomic E-state index is 0.0854. The van der Waals surface area contributed by atoms with Crippen molar-refractivity contribution in [2.45, 2.75) is 64.8 Å². The minimum Gasteiger partial charge on any atom is -0.324 e. The quantitative estimate of drug-likeness (QED) is 0.735. The van der Waals surface area contributed by atoms with Crippen molar-refractivity contribution >= 4 is 0 Å². The highest BCUT2D eigenvalue weighted by Crippen LogP contribution is 2.25. The maximum absolute atomic E-state index is 6.37. The first-order valence-corrected chi connectivity index (χ1v) is 6.47. The molecule has 0 heterocycles. The topological polar surface area (TPSA) is 38.0 Å². The molecule has 0 amide bonds. The second-order valence-electron chi connectivity index (χ2n) is 6.04. The second-order valence-corrected chi connectivity index (χ2v) is 6.04. The first kappa shape index (κ1) is 13.0. The van der Waals surface area contributed by atoms with E-state index >= 15 is 0 Å². The Morgan fingerprint density at radius 2 is 1.80 bits per heavy atom. The SMILES string of the molecule is CCC(C)(C)CNCC1(N)CCCCC1. The van der Waals surface area contributed by atoms with Crippen LogP contribution in [0.3, 0.4) is 0 Å². The van der Waals surface area contributed by atoms with Crippen LogP contribution in [0.2, 0.25) is 0 Å². The third-order valence-electron chi connectivity index (χ3n) is 3.89. The van der Waals surface area contributed by atoms with Crippen molar-refractivity contribution in [3.63, 3.8) is 0 Å². The van der Waals surface area contributed by atoms with Gasteiger partial charge in [0, 0.05) is 18.6 Å². The molecule has 0 unspecified atom stereocenters. The Labute approximate surface area is 95.0 Å². The van der Waals surface area contributed by atoms with Gasteiger partial charge in [-0.25, -0.2) is 0 Å². The molecule has 0 atom stereocenters. The van der Waals surface area contributed by atoms with Crippen LogP contribution in [0.25, 0.3) is 0 Å². The third-order valence-corrected chi connectivity index (χ3v) is 3.89. The summed E-state index contributed by atoms with van der Waals surface area (Å²) in [5, 5.41) is 3.56. The van der Waals surface area contributed by atoms with Gasteiger partial charge in [0.05, 0.1) is 0 Å². The molecule has 0 bridgehead atoms. The van der Waals surface area contributed by atoms with Gasteiger partial charge in [0.2, 0.25) is 0 Å². The molecule has 2 heteroatoms. The van der Waals surface area contributed by atoms with Crippen LogP contribution in [-0.4, -0.2) is 18.6 Å². The number of nitrogens with one attached hydrogen (secondary N) is 1. The van der Waals surface area contributed by atoms with Gasteiger partial charge in [-0.1, -0.05) is 40.0 Å². The highest BCUT2D eigenvalue weighted by Gasteiger charge is 2.27. The van der Waals surface area contributed by atoms with Crippen LogP contribution < -0.4 is 11.1 Å². The summed E-state index contributed by atoms with van der Waals surface area (Å²) < 4.78 is 0. The average Bonchev–Trinajstić information content (AvgIpc) is 2.18. The van der Waals surface area contributed by atoms with Gasteiger partial charge in [-0.15, -0.1) is 0 Å². The maximum atomic E-state index is 6.37. The smallest absolute Gasteiger partial charge is 0.0280 e. The Kier molecular flexibility index (Phi) is 4.60. The zero-order chi connectivity index (χ0) is 11.4.